The molecule has 176 valence electrons. The molecule has 1 amide bonds. The first kappa shape index (κ1) is 24.1. The lowest BCUT2D eigenvalue weighted by Crippen LogP contribution is -2.45. The van der Waals surface area contributed by atoms with Gasteiger partial charge in [-0.3, -0.25) is 4.79 Å². The van der Waals surface area contributed by atoms with Gasteiger partial charge < -0.3 is 19.6 Å². The summed E-state index contributed by atoms with van der Waals surface area (Å²) >= 11 is 0. The highest BCUT2D eigenvalue weighted by molar-refractivity contribution is 7.87. The Morgan fingerprint density at radius 2 is 2.00 bits per heavy atom. The zero-order valence-electron chi connectivity index (χ0n) is 18.3. The number of oxazole rings is 1. The zero-order valence-corrected chi connectivity index (χ0v) is 19.1. The number of benzene rings is 1. The van der Waals surface area contributed by atoms with Gasteiger partial charge in [-0.15, -0.1) is 0 Å². The van der Waals surface area contributed by atoms with Crippen molar-refractivity contribution in [3.05, 3.63) is 41.0 Å². The fraction of sp³-hybridized carbons (Fsp3) is 0.500. The van der Waals surface area contributed by atoms with Crippen LogP contribution in [0.15, 0.2) is 22.8 Å². The number of halogens is 1. The quantitative estimate of drug-likeness (QED) is 0.584. The number of hydrogen-bond acceptors (Lipinski definition) is 8. The van der Waals surface area contributed by atoms with E-state index in [1.54, 1.807) is 33.8 Å². The van der Waals surface area contributed by atoms with E-state index in [2.05, 4.69) is 10.3 Å². The van der Waals surface area contributed by atoms with E-state index < -0.39 is 27.8 Å². The molecule has 2 aromatic rings. The predicted octanol–water partition coefficient (Wildman–Crippen LogP) is 2.01. The standard InChI is InChI=1S/C20H27FN4O6S/c1-12-10-15(13(2)9-14(12)21)22-19-23-16(11-31-19)18(26)24-32(28,29)25-6-5-17(20(3,4)27)30-8-7-25/h9-11,17,27H,5-8H2,1-4H3,(H,22,23)(H,24,26). The number of aromatic nitrogens is 1. The molecule has 12 heteroatoms. The highest BCUT2D eigenvalue weighted by atomic mass is 32.2. The average molecular weight is 471 g/mol. The van der Waals surface area contributed by atoms with Crippen molar-refractivity contribution in [3.63, 3.8) is 0 Å². The molecule has 1 aromatic carbocycles. The van der Waals surface area contributed by atoms with Gasteiger partial charge in [-0.1, -0.05) is 0 Å². The smallest absolute Gasteiger partial charge is 0.304 e. The second-order valence-corrected chi connectivity index (χ2v) is 9.89. The summed E-state index contributed by atoms with van der Waals surface area (Å²) in [5, 5.41) is 12.9. The van der Waals surface area contributed by atoms with E-state index in [4.69, 9.17) is 9.15 Å². The molecule has 0 bridgehead atoms. The molecular weight excluding hydrogens is 443 g/mol. The first-order chi connectivity index (χ1) is 14.9. The Labute approximate surface area is 186 Å². The largest absolute Gasteiger partial charge is 0.431 e. The van der Waals surface area contributed by atoms with Crippen LogP contribution in [0.3, 0.4) is 0 Å². The molecule has 32 heavy (non-hydrogen) atoms. The van der Waals surface area contributed by atoms with Gasteiger partial charge in [0, 0.05) is 18.8 Å². The van der Waals surface area contributed by atoms with Crippen LogP contribution in [0.2, 0.25) is 0 Å². The van der Waals surface area contributed by atoms with Crippen LogP contribution < -0.4 is 10.0 Å². The molecule has 1 aliphatic heterocycles. The molecule has 1 aromatic heterocycles. The van der Waals surface area contributed by atoms with Crippen molar-refractivity contribution in [3.8, 4) is 0 Å². The Balaban J connectivity index is 1.66. The van der Waals surface area contributed by atoms with E-state index in [1.807, 2.05) is 4.72 Å². The Morgan fingerprint density at radius 3 is 2.69 bits per heavy atom. The highest BCUT2D eigenvalue weighted by Crippen LogP contribution is 2.24. The lowest BCUT2D eigenvalue weighted by molar-refractivity contribution is -0.0832. The summed E-state index contributed by atoms with van der Waals surface area (Å²) in [4.78, 5) is 16.4. The minimum absolute atomic E-state index is 0.0318. The van der Waals surface area contributed by atoms with Crippen molar-refractivity contribution >= 4 is 27.8 Å². The predicted molar refractivity (Wildman–Crippen MR) is 114 cm³/mol. The maximum Gasteiger partial charge on any atom is 0.304 e. The van der Waals surface area contributed by atoms with Crippen LogP contribution in [-0.4, -0.2) is 60.1 Å². The van der Waals surface area contributed by atoms with Gasteiger partial charge in [-0.25, -0.2) is 9.11 Å². The number of carbonyl (C=O) groups is 1. The minimum atomic E-state index is -4.16. The van der Waals surface area contributed by atoms with Crippen molar-refractivity contribution in [2.75, 3.05) is 25.0 Å². The summed E-state index contributed by atoms with van der Waals surface area (Å²) in [5.74, 6) is -1.31. The molecule has 1 saturated heterocycles. The fourth-order valence-electron chi connectivity index (χ4n) is 3.25. The van der Waals surface area contributed by atoms with E-state index in [-0.39, 0.29) is 43.6 Å². The number of amides is 1. The lowest BCUT2D eigenvalue weighted by atomic mass is 9.99. The van der Waals surface area contributed by atoms with Crippen molar-refractivity contribution < 1.29 is 31.9 Å². The molecule has 0 radical (unpaired) electrons. The average Bonchev–Trinajstić information content (AvgIpc) is 2.98. The minimum Gasteiger partial charge on any atom is -0.431 e. The van der Waals surface area contributed by atoms with Gasteiger partial charge in [0.2, 0.25) is 0 Å². The SMILES string of the molecule is Cc1cc(Nc2nc(C(=O)NS(=O)(=O)N3CCOC(C(C)(C)O)CC3)co2)c(C)cc1F. The molecule has 0 spiro atoms. The highest BCUT2D eigenvalue weighted by Gasteiger charge is 2.34. The molecule has 3 rings (SSSR count). The molecule has 10 nitrogen and oxygen atoms in total. The second-order valence-electron chi connectivity index (χ2n) is 8.22. The summed E-state index contributed by atoms with van der Waals surface area (Å²) in [5.41, 5.74) is 0.202. The fourth-order valence-corrected chi connectivity index (χ4v) is 4.38. The number of rotatable bonds is 6. The van der Waals surface area contributed by atoms with Gasteiger partial charge in [0.05, 0.1) is 18.3 Å². The van der Waals surface area contributed by atoms with E-state index in [9.17, 15) is 22.7 Å². The van der Waals surface area contributed by atoms with Gasteiger partial charge in [0.1, 0.15) is 12.1 Å². The van der Waals surface area contributed by atoms with Crippen molar-refractivity contribution in [2.24, 2.45) is 0 Å². The topological polar surface area (TPSA) is 134 Å². The van der Waals surface area contributed by atoms with Gasteiger partial charge in [-0.05, 0) is 57.4 Å². The molecule has 2 heterocycles. The molecule has 1 atom stereocenters. The third-order valence-electron chi connectivity index (χ3n) is 5.13. The first-order valence-corrected chi connectivity index (χ1v) is 11.5. The number of ether oxygens (including phenoxy) is 1. The van der Waals surface area contributed by atoms with E-state index >= 15 is 0 Å². The van der Waals surface area contributed by atoms with E-state index in [0.29, 0.717) is 16.8 Å². The molecule has 0 aliphatic carbocycles. The lowest BCUT2D eigenvalue weighted by Gasteiger charge is -2.27. The van der Waals surface area contributed by atoms with Crippen molar-refractivity contribution in [2.45, 2.75) is 45.8 Å². The normalized spacial score (nSPS) is 18.2. The van der Waals surface area contributed by atoms with Gasteiger partial charge in [0.25, 0.3) is 11.9 Å². The molecule has 1 unspecified atom stereocenters. The third kappa shape index (κ3) is 5.63. The van der Waals surface area contributed by atoms with Gasteiger partial charge >= 0.3 is 10.2 Å². The monoisotopic (exact) mass is 470 g/mol. The molecule has 0 saturated carbocycles. The summed E-state index contributed by atoms with van der Waals surface area (Å²) in [6.45, 7) is 6.68. The summed E-state index contributed by atoms with van der Waals surface area (Å²) in [6, 6.07) is 2.88. The summed E-state index contributed by atoms with van der Waals surface area (Å²) < 4.78 is 52.7. The van der Waals surface area contributed by atoms with Gasteiger partial charge in [0.15, 0.2) is 5.69 Å². The number of anilines is 2. The number of carbonyl (C=O) groups excluding carboxylic acids is 1. The Morgan fingerprint density at radius 1 is 1.28 bits per heavy atom. The number of nitrogens with zero attached hydrogens (tertiary/aromatic N) is 2. The maximum absolute atomic E-state index is 13.6. The van der Waals surface area contributed by atoms with Crippen LogP contribution in [-0.2, 0) is 14.9 Å². The Hall–Kier alpha value is -2.54. The molecule has 1 aliphatic rings. The second kappa shape index (κ2) is 9.14. The third-order valence-corrected chi connectivity index (χ3v) is 6.62. The number of hydrogen-bond donors (Lipinski definition) is 3. The van der Waals surface area contributed by atoms with Crippen LogP contribution in [0, 0.1) is 19.7 Å². The number of aryl methyl sites for hydroxylation is 2. The zero-order chi connectivity index (χ0) is 23.7. The number of nitrogens with one attached hydrogen (secondary N) is 2. The van der Waals surface area contributed by atoms with Crippen LogP contribution in [0.1, 0.15) is 41.9 Å². The van der Waals surface area contributed by atoms with Crippen molar-refractivity contribution in [1.82, 2.24) is 14.0 Å². The Kier molecular flexibility index (Phi) is 6.89. The molecule has 1 fully saturated rings. The number of aliphatic hydroxyl groups is 1. The molecular formula is C20H27FN4O6S. The van der Waals surface area contributed by atoms with Crippen molar-refractivity contribution in [1.29, 1.82) is 0 Å². The first-order valence-electron chi connectivity index (χ1n) is 10.0. The van der Waals surface area contributed by atoms with Crippen LogP contribution in [0.4, 0.5) is 16.1 Å². The van der Waals surface area contributed by atoms with Crippen LogP contribution in [0.25, 0.3) is 0 Å². The Bertz CT molecular complexity index is 1100. The van der Waals surface area contributed by atoms with E-state index in [0.717, 1.165) is 10.6 Å². The maximum atomic E-state index is 13.6. The summed E-state index contributed by atoms with van der Waals surface area (Å²) in [7, 11) is -4.16. The van der Waals surface area contributed by atoms with Crippen LogP contribution in [0.5, 0.6) is 0 Å². The van der Waals surface area contributed by atoms with Gasteiger partial charge in [-0.2, -0.15) is 17.7 Å². The molecule has 3 N–H and O–H groups in total. The van der Waals surface area contributed by atoms with Crippen LogP contribution >= 0.6 is 0 Å². The summed E-state index contributed by atoms with van der Waals surface area (Å²) in [6.07, 6.45) is 0.767. The van der Waals surface area contributed by atoms with E-state index in [1.165, 1.54) is 6.07 Å².